The standard InChI is InChI=1S/C24H22NO4P/c1-2-29-30(20-16-10-5-11-17-20)22(18-12-6-3-7-13-18)21(24(27)28)25-23(26)19-14-8-4-9-15-19/h3-17H,2H2,1H3,(H,25,26)(H,27,28). The second-order valence-electron chi connectivity index (χ2n) is 6.26. The highest BCUT2D eigenvalue weighted by Crippen LogP contribution is 2.51. The molecule has 0 aromatic heterocycles. The van der Waals surface area contributed by atoms with Crippen LogP contribution >= 0.6 is 8.15 Å². The lowest BCUT2D eigenvalue weighted by molar-refractivity contribution is -0.132. The van der Waals surface area contributed by atoms with E-state index in [1.807, 2.05) is 67.6 Å². The van der Waals surface area contributed by atoms with Gasteiger partial charge in [-0.2, -0.15) is 0 Å². The molecule has 30 heavy (non-hydrogen) atoms. The van der Waals surface area contributed by atoms with Crippen LogP contribution in [0.1, 0.15) is 22.8 Å². The molecule has 6 heteroatoms. The maximum absolute atomic E-state index is 12.8. The Kier molecular flexibility index (Phi) is 7.50. The van der Waals surface area contributed by atoms with E-state index in [0.717, 1.165) is 5.30 Å². The summed E-state index contributed by atoms with van der Waals surface area (Å²) in [5.74, 6) is -1.71. The lowest BCUT2D eigenvalue weighted by atomic mass is 10.1. The fourth-order valence-electron chi connectivity index (χ4n) is 2.91. The molecule has 152 valence electrons. The van der Waals surface area contributed by atoms with Crippen LogP contribution in [0.4, 0.5) is 0 Å². The van der Waals surface area contributed by atoms with Crippen molar-refractivity contribution in [2.45, 2.75) is 6.92 Å². The molecule has 0 fully saturated rings. The van der Waals surface area contributed by atoms with Crippen LogP contribution in [0.15, 0.2) is 96.7 Å². The number of hydrogen-bond acceptors (Lipinski definition) is 3. The number of carbonyl (C=O) groups excluding carboxylic acids is 1. The van der Waals surface area contributed by atoms with Gasteiger partial charge in [0.15, 0.2) is 0 Å². The zero-order valence-electron chi connectivity index (χ0n) is 16.5. The van der Waals surface area contributed by atoms with Crippen molar-refractivity contribution in [2.75, 3.05) is 6.61 Å². The Hall–Kier alpha value is -3.27. The number of amides is 1. The summed E-state index contributed by atoms with van der Waals surface area (Å²) < 4.78 is 6.06. The first-order valence-electron chi connectivity index (χ1n) is 9.49. The van der Waals surface area contributed by atoms with Gasteiger partial charge < -0.3 is 14.9 Å². The number of hydrogen-bond donors (Lipinski definition) is 2. The van der Waals surface area contributed by atoms with E-state index in [0.29, 0.717) is 23.0 Å². The fourth-order valence-corrected chi connectivity index (χ4v) is 4.88. The number of rotatable bonds is 8. The third-order valence-electron chi connectivity index (χ3n) is 4.22. The van der Waals surface area contributed by atoms with Crippen molar-refractivity contribution in [3.63, 3.8) is 0 Å². The molecule has 1 amide bonds. The molecule has 0 radical (unpaired) electrons. The van der Waals surface area contributed by atoms with E-state index in [4.69, 9.17) is 4.52 Å². The van der Waals surface area contributed by atoms with Gasteiger partial charge in [-0.15, -0.1) is 0 Å². The van der Waals surface area contributed by atoms with Crippen LogP contribution in [0.2, 0.25) is 0 Å². The first-order valence-corrected chi connectivity index (χ1v) is 10.7. The average Bonchev–Trinajstić information content (AvgIpc) is 2.79. The Morgan fingerprint density at radius 2 is 1.33 bits per heavy atom. The number of nitrogens with one attached hydrogen (secondary N) is 1. The molecule has 0 saturated heterocycles. The second-order valence-corrected chi connectivity index (χ2v) is 8.07. The van der Waals surface area contributed by atoms with Gasteiger partial charge in [0.25, 0.3) is 5.91 Å². The molecule has 3 rings (SSSR count). The van der Waals surface area contributed by atoms with E-state index >= 15 is 0 Å². The molecule has 0 spiro atoms. The van der Waals surface area contributed by atoms with Crippen LogP contribution in [0.5, 0.6) is 0 Å². The zero-order chi connectivity index (χ0) is 21.3. The smallest absolute Gasteiger partial charge is 0.353 e. The van der Waals surface area contributed by atoms with Gasteiger partial charge in [-0.1, -0.05) is 78.9 Å². The van der Waals surface area contributed by atoms with E-state index in [9.17, 15) is 14.7 Å². The van der Waals surface area contributed by atoms with Crippen LogP contribution in [0, 0.1) is 0 Å². The average molecular weight is 419 g/mol. The molecule has 0 heterocycles. The van der Waals surface area contributed by atoms with Crippen molar-refractivity contribution >= 4 is 30.6 Å². The van der Waals surface area contributed by atoms with Crippen LogP contribution in [0.25, 0.3) is 5.31 Å². The number of aliphatic carboxylic acids is 1. The normalized spacial score (nSPS) is 12.6. The Balaban J connectivity index is 2.17. The quantitative estimate of drug-likeness (QED) is 0.412. The van der Waals surface area contributed by atoms with Crippen LogP contribution in [-0.2, 0) is 9.32 Å². The van der Waals surface area contributed by atoms with Crippen molar-refractivity contribution in [2.24, 2.45) is 0 Å². The van der Waals surface area contributed by atoms with E-state index in [2.05, 4.69) is 5.32 Å². The van der Waals surface area contributed by atoms with Crippen LogP contribution in [0.3, 0.4) is 0 Å². The Morgan fingerprint density at radius 1 is 0.833 bits per heavy atom. The summed E-state index contributed by atoms with van der Waals surface area (Å²) in [5, 5.41) is 14.0. The maximum atomic E-state index is 12.8. The first-order chi connectivity index (χ1) is 14.6. The molecule has 2 N–H and O–H groups in total. The lowest BCUT2D eigenvalue weighted by Gasteiger charge is -2.23. The Labute approximate surface area is 176 Å². The molecule has 0 aliphatic carbocycles. The number of benzene rings is 3. The van der Waals surface area contributed by atoms with Crippen molar-refractivity contribution in [3.8, 4) is 0 Å². The molecular formula is C24H22NO4P. The van der Waals surface area contributed by atoms with E-state index in [-0.39, 0.29) is 5.70 Å². The highest BCUT2D eigenvalue weighted by atomic mass is 31.1. The van der Waals surface area contributed by atoms with Gasteiger partial charge in [0.05, 0.1) is 8.15 Å². The molecule has 3 aromatic carbocycles. The monoisotopic (exact) mass is 419 g/mol. The molecule has 5 nitrogen and oxygen atoms in total. The summed E-state index contributed by atoms with van der Waals surface area (Å²) in [6.45, 7) is 2.26. The van der Waals surface area contributed by atoms with Gasteiger partial charge in [0, 0.05) is 22.8 Å². The maximum Gasteiger partial charge on any atom is 0.353 e. The predicted molar refractivity (Wildman–Crippen MR) is 120 cm³/mol. The minimum atomic E-state index is -1.48. The minimum absolute atomic E-state index is 0.182. The largest absolute Gasteiger partial charge is 0.477 e. The highest BCUT2D eigenvalue weighted by molar-refractivity contribution is 7.71. The third-order valence-corrected chi connectivity index (χ3v) is 6.40. The summed E-state index contributed by atoms with van der Waals surface area (Å²) in [6.07, 6.45) is 0. The van der Waals surface area contributed by atoms with Crippen LogP contribution in [-0.4, -0.2) is 23.6 Å². The summed E-state index contributed by atoms with van der Waals surface area (Å²) in [7, 11) is -1.48. The summed E-state index contributed by atoms with van der Waals surface area (Å²) in [4.78, 5) is 25.1. The third kappa shape index (κ3) is 5.20. The molecular weight excluding hydrogens is 397 g/mol. The second kappa shape index (κ2) is 10.5. The van der Waals surface area contributed by atoms with Gasteiger partial charge in [-0.05, 0) is 24.6 Å². The minimum Gasteiger partial charge on any atom is -0.477 e. The number of carboxylic acids is 1. The van der Waals surface area contributed by atoms with Gasteiger partial charge >= 0.3 is 5.97 Å². The van der Waals surface area contributed by atoms with Gasteiger partial charge in [0.2, 0.25) is 0 Å². The Bertz CT molecular complexity index is 1020. The molecule has 1 atom stereocenters. The van der Waals surface area contributed by atoms with Crippen molar-refractivity contribution < 1.29 is 19.2 Å². The van der Waals surface area contributed by atoms with Crippen molar-refractivity contribution in [3.05, 3.63) is 108 Å². The molecule has 3 aromatic rings. The van der Waals surface area contributed by atoms with Gasteiger partial charge in [-0.25, -0.2) is 4.79 Å². The molecule has 0 aliphatic heterocycles. The summed E-state index contributed by atoms with van der Waals surface area (Å²) in [6, 6.07) is 27.2. The SMILES string of the molecule is CCOP(C(=C(NC(=O)c1ccccc1)C(=O)O)c1ccccc1)c1ccccc1. The topological polar surface area (TPSA) is 75.6 Å². The highest BCUT2D eigenvalue weighted by Gasteiger charge is 2.28. The molecule has 1 unspecified atom stereocenters. The van der Waals surface area contributed by atoms with Gasteiger partial charge in [-0.3, -0.25) is 4.79 Å². The molecule has 0 bridgehead atoms. The molecule has 0 aliphatic rings. The van der Waals surface area contributed by atoms with Gasteiger partial charge in [0.1, 0.15) is 5.70 Å². The van der Waals surface area contributed by atoms with Crippen molar-refractivity contribution in [1.82, 2.24) is 5.32 Å². The zero-order valence-corrected chi connectivity index (χ0v) is 17.4. The summed E-state index contributed by atoms with van der Waals surface area (Å²) >= 11 is 0. The number of carbonyl (C=O) groups is 2. The molecule has 0 saturated carbocycles. The van der Waals surface area contributed by atoms with E-state index in [1.165, 1.54) is 0 Å². The number of carboxylic acid groups (broad SMARTS) is 1. The Morgan fingerprint density at radius 3 is 1.83 bits per heavy atom. The fraction of sp³-hybridized carbons (Fsp3) is 0.0833. The first kappa shape index (κ1) is 21.4. The van der Waals surface area contributed by atoms with Crippen molar-refractivity contribution in [1.29, 1.82) is 0 Å². The van der Waals surface area contributed by atoms with Crippen LogP contribution < -0.4 is 10.6 Å². The lowest BCUT2D eigenvalue weighted by Crippen LogP contribution is -2.29. The summed E-state index contributed by atoms with van der Waals surface area (Å²) in [5.41, 5.74) is 0.884. The van der Waals surface area contributed by atoms with E-state index < -0.39 is 20.0 Å². The predicted octanol–water partition coefficient (Wildman–Crippen LogP) is 4.63. The van der Waals surface area contributed by atoms with E-state index in [1.54, 1.807) is 30.3 Å².